The summed E-state index contributed by atoms with van der Waals surface area (Å²) in [6, 6.07) is 15.2. The van der Waals surface area contributed by atoms with Crippen LogP contribution in [0.2, 0.25) is 0 Å². The van der Waals surface area contributed by atoms with Crippen molar-refractivity contribution < 1.29 is 23.5 Å². The highest BCUT2D eigenvalue weighted by atomic mass is 19.1. The molecule has 2 aromatic carbocycles. The monoisotopic (exact) mass is 372 g/mol. The molecule has 0 radical (unpaired) electrons. The number of rotatable bonds is 6. The Kier molecular flexibility index (Phi) is 6.25. The van der Waals surface area contributed by atoms with E-state index in [-0.39, 0.29) is 24.9 Å². The maximum Gasteiger partial charge on any atom is 0.344 e. The van der Waals surface area contributed by atoms with E-state index in [9.17, 15) is 14.0 Å². The first-order valence-electron chi connectivity index (χ1n) is 8.73. The fourth-order valence-corrected chi connectivity index (χ4v) is 2.80. The lowest BCUT2D eigenvalue weighted by molar-refractivity contribution is -0.153. The highest BCUT2D eigenvalue weighted by Crippen LogP contribution is 2.17. The summed E-state index contributed by atoms with van der Waals surface area (Å²) >= 11 is 0. The molecule has 3 rings (SSSR count). The number of carbonyl (C=O) groups is 2. The van der Waals surface area contributed by atoms with Gasteiger partial charge in [-0.05, 0) is 36.4 Å². The summed E-state index contributed by atoms with van der Waals surface area (Å²) in [6.07, 6.45) is 0. The molecule has 1 amide bonds. The lowest BCUT2D eigenvalue weighted by Gasteiger charge is -2.36. The molecule has 1 saturated heterocycles. The molecule has 0 saturated carbocycles. The van der Waals surface area contributed by atoms with E-state index in [0.29, 0.717) is 31.9 Å². The molecule has 0 aliphatic carbocycles. The van der Waals surface area contributed by atoms with Crippen LogP contribution in [-0.4, -0.2) is 56.2 Å². The molecule has 0 N–H and O–H groups in total. The molecule has 1 aliphatic heterocycles. The van der Waals surface area contributed by atoms with E-state index in [1.807, 2.05) is 6.07 Å². The number of amides is 1. The van der Waals surface area contributed by atoms with Crippen molar-refractivity contribution in [2.24, 2.45) is 0 Å². The van der Waals surface area contributed by atoms with Crippen LogP contribution in [0.15, 0.2) is 54.6 Å². The molecule has 0 atom stereocenters. The number of para-hydroxylation sites is 1. The zero-order valence-electron chi connectivity index (χ0n) is 14.8. The first-order chi connectivity index (χ1) is 13.1. The van der Waals surface area contributed by atoms with Crippen molar-refractivity contribution in [3.8, 4) is 5.75 Å². The Bertz CT molecular complexity index is 759. The van der Waals surface area contributed by atoms with Gasteiger partial charge in [-0.3, -0.25) is 4.79 Å². The third-order valence-electron chi connectivity index (χ3n) is 4.28. The average Bonchev–Trinajstić information content (AvgIpc) is 2.72. The second-order valence-corrected chi connectivity index (χ2v) is 6.11. The van der Waals surface area contributed by atoms with E-state index >= 15 is 0 Å². The number of nitrogens with zero attached hydrogens (tertiary/aromatic N) is 2. The maximum absolute atomic E-state index is 13.0. The SMILES string of the molecule is O=C(COc1ccccc1)OCC(=O)N1CCN(c2ccc(F)cc2)CC1. The van der Waals surface area contributed by atoms with Crippen LogP contribution in [0.1, 0.15) is 0 Å². The summed E-state index contributed by atoms with van der Waals surface area (Å²) in [6.45, 7) is 1.79. The van der Waals surface area contributed by atoms with Crippen molar-refractivity contribution in [1.29, 1.82) is 0 Å². The van der Waals surface area contributed by atoms with Crippen LogP contribution >= 0.6 is 0 Å². The lowest BCUT2D eigenvalue weighted by atomic mass is 10.2. The topological polar surface area (TPSA) is 59.1 Å². The molecule has 7 heteroatoms. The Morgan fingerprint density at radius 3 is 2.22 bits per heavy atom. The van der Waals surface area contributed by atoms with Gasteiger partial charge in [-0.1, -0.05) is 18.2 Å². The Hall–Kier alpha value is -3.09. The van der Waals surface area contributed by atoms with E-state index < -0.39 is 5.97 Å². The number of hydrogen-bond acceptors (Lipinski definition) is 5. The average molecular weight is 372 g/mol. The van der Waals surface area contributed by atoms with Gasteiger partial charge in [0.1, 0.15) is 11.6 Å². The van der Waals surface area contributed by atoms with Gasteiger partial charge in [-0.25, -0.2) is 9.18 Å². The van der Waals surface area contributed by atoms with Crippen molar-refractivity contribution >= 4 is 17.6 Å². The first-order valence-corrected chi connectivity index (χ1v) is 8.73. The molecular weight excluding hydrogens is 351 g/mol. The van der Waals surface area contributed by atoms with Gasteiger partial charge in [-0.15, -0.1) is 0 Å². The van der Waals surface area contributed by atoms with Crippen LogP contribution in [0, 0.1) is 5.82 Å². The quantitative estimate of drug-likeness (QED) is 0.727. The Labute approximate surface area is 157 Å². The summed E-state index contributed by atoms with van der Waals surface area (Å²) in [4.78, 5) is 27.7. The molecular formula is C20H21FN2O4. The zero-order chi connectivity index (χ0) is 19.1. The number of benzene rings is 2. The summed E-state index contributed by atoms with van der Waals surface area (Å²) in [7, 11) is 0. The minimum Gasteiger partial charge on any atom is -0.482 e. The van der Waals surface area contributed by atoms with Gasteiger partial charge in [0, 0.05) is 31.9 Å². The molecule has 1 heterocycles. The lowest BCUT2D eigenvalue weighted by Crippen LogP contribution is -2.50. The molecule has 0 unspecified atom stereocenters. The van der Waals surface area contributed by atoms with Crippen LogP contribution in [-0.2, 0) is 14.3 Å². The third-order valence-corrected chi connectivity index (χ3v) is 4.28. The van der Waals surface area contributed by atoms with Crippen molar-refractivity contribution in [2.45, 2.75) is 0 Å². The predicted molar refractivity (Wildman–Crippen MR) is 98.1 cm³/mol. The zero-order valence-corrected chi connectivity index (χ0v) is 14.8. The van der Waals surface area contributed by atoms with Gasteiger partial charge >= 0.3 is 5.97 Å². The minimum atomic E-state index is -0.586. The normalized spacial score (nSPS) is 14.0. The van der Waals surface area contributed by atoms with E-state index in [1.165, 1.54) is 12.1 Å². The second kappa shape index (κ2) is 9.02. The number of anilines is 1. The van der Waals surface area contributed by atoms with Crippen molar-refractivity contribution in [1.82, 2.24) is 4.90 Å². The number of ether oxygens (including phenoxy) is 2. The number of halogens is 1. The van der Waals surface area contributed by atoms with Crippen molar-refractivity contribution in [3.63, 3.8) is 0 Å². The van der Waals surface area contributed by atoms with Gasteiger partial charge in [0.05, 0.1) is 0 Å². The third kappa shape index (κ3) is 5.44. The Morgan fingerprint density at radius 1 is 0.889 bits per heavy atom. The molecule has 1 fully saturated rings. The molecule has 27 heavy (non-hydrogen) atoms. The fraction of sp³-hybridized carbons (Fsp3) is 0.300. The molecule has 0 aromatic heterocycles. The first kappa shape index (κ1) is 18.7. The molecule has 0 bridgehead atoms. The minimum absolute atomic E-state index is 0.234. The predicted octanol–water partition coefficient (Wildman–Crippen LogP) is 2.10. The number of piperazine rings is 1. The van der Waals surface area contributed by atoms with E-state index in [4.69, 9.17) is 9.47 Å². The van der Waals surface area contributed by atoms with Gasteiger partial charge in [-0.2, -0.15) is 0 Å². The summed E-state index contributed by atoms with van der Waals surface area (Å²) < 4.78 is 23.3. The Morgan fingerprint density at radius 2 is 1.56 bits per heavy atom. The molecule has 2 aromatic rings. The summed E-state index contributed by atoms with van der Waals surface area (Å²) in [5, 5.41) is 0. The van der Waals surface area contributed by atoms with Crippen molar-refractivity contribution in [2.75, 3.05) is 44.3 Å². The van der Waals surface area contributed by atoms with E-state index in [2.05, 4.69) is 4.90 Å². The molecule has 0 spiro atoms. The van der Waals surface area contributed by atoms with Crippen LogP contribution < -0.4 is 9.64 Å². The van der Waals surface area contributed by atoms with Crippen LogP contribution in [0.3, 0.4) is 0 Å². The van der Waals surface area contributed by atoms with Crippen molar-refractivity contribution in [3.05, 3.63) is 60.4 Å². The van der Waals surface area contributed by atoms with Gasteiger partial charge < -0.3 is 19.3 Å². The van der Waals surface area contributed by atoms with Gasteiger partial charge in [0.15, 0.2) is 13.2 Å². The summed E-state index contributed by atoms with van der Waals surface area (Å²) in [5.41, 5.74) is 0.924. The number of carbonyl (C=O) groups excluding carboxylic acids is 2. The van der Waals surface area contributed by atoms with E-state index in [0.717, 1.165) is 5.69 Å². The van der Waals surface area contributed by atoms with Gasteiger partial charge in [0.2, 0.25) is 0 Å². The molecule has 6 nitrogen and oxygen atoms in total. The Balaban J connectivity index is 1.38. The van der Waals surface area contributed by atoms with E-state index in [1.54, 1.807) is 41.3 Å². The summed E-state index contributed by atoms with van der Waals surface area (Å²) in [5.74, 6) is -0.526. The highest BCUT2D eigenvalue weighted by Gasteiger charge is 2.22. The second-order valence-electron chi connectivity index (χ2n) is 6.11. The smallest absolute Gasteiger partial charge is 0.344 e. The standard InChI is InChI=1S/C20H21FN2O4/c21-16-6-8-17(9-7-16)22-10-12-23(13-11-22)19(24)14-27-20(25)15-26-18-4-2-1-3-5-18/h1-9H,10-15H2. The largest absolute Gasteiger partial charge is 0.482 e. The van der Waals surface area contributed by atoms with Crippen LogP contribution in [0.4, 0.5) is 10.1 Å². The molecule has 1 aliphatic rings. The number of hydrogen-bond donors (Lipinski definition) is 0. The van der Waals surface area contributed by atoms with Crippen LogP contribution in [0.25, 0.3) is 0 Å². The molecule has 142 valence electrons. The number of esters is 1. The van der Waals surface area contributed by atoms with Crippen LogP contribution in [0.5, 0.6) is 5.75 Å². The maximum atomic E-state index is 13.0. The fourth-order valence-electron chi connectivity index (χ4n) is 2.80. The van der Waals surface area contributed by atoms with Gasteiger partial charge in [0.25, 0.3) is 5.91 Å². The highest BCUT2D eigenvalue weighted by molar-refractivity contribution is 5.81.